The van der Waals surface area contributed by atoms with Crippen LogP contribution in [0.4, 0.5) is 21.7 Å². The molecule has 0 bridgehead atoms. The molecule has 13 nitrogen and oxygen atoms in total. The minimum atomic E-state index is -3.69. The number of anilines is 3. The Morgan fingerprint density at radius 3 is 2.26 bits per heavy atom. The number of nitrogens with one attached hydrogen (secondary N) is 3. The van der Waals surface area contributed by atoms with Crippen LogP contribution in [0.15, 0.2) is 54.7 Å². The molecule has 1 spiro atoms. The van der Waals surface area contributed by atoms with Crippen molar-refractivity contribution in [2.45, 2.75) is 103 Å². The first-order chi connectivity index (χ1) is 31.1. The number of hydrogen-bond donors (Lipinski definition) is 3. The molecule has 5 aliphatic rings. The monoisotopic (exact) mass is 925 g/mol. The number of sulfonamides is 1. The Hall–Kier alpha value is -4.51. The van der Waals surface area contributed by atoms with Crippen LogP contribution in [0.25, 0.3) is 21.8 Å². The number of hydrogen-bond acceptors (Lipinski definition) is 12. The molecular formula is C49H64FN9O4S2. The number of imide groups is 1. The topological polar surface area (TPSA) is 153 Å². The largest absolute Gasteiger partial charge is 0.372 e. The minimum absolute atomic E-state index is 0.0911. The molecule has 4 saturated heterocycles. The maximum absolute atomic E-state index is 16.1. The lowest BCUT2D eigenvalue weighted by Gasteiger charge is -2.60. The average molecular weight is 926 g/mol. The van der Waals surface area contributed by atoms with Crippen LogP contribution in [-0.4, -0.2) is 109 Å². The van der Waals surface area contributed by atoms with E-state index in [0.717, 1.165) is 61.4 Å². The van der Waals surface area contributed by atoms with Gasteiger partial charge in [0.15, 0.2) is 5.82 Å². The second-order valence-electron chi connectivity index (χ2n) is 20.5. The fourth-order valence-corrected chi connectivity index (χ4v) is 13.0. The number of likely N-dealkylation sites (tertiary alicyclic amines) is 2. The Kier molecular flexibility index (Phi) is 13.1. The van der Waals surface area contributed by atoms with Crippen molar-refractivity contribution in [2.24, 2.45) is 17.3 Å². The van der Waals surface area contributed by atoms with E-state index in [1.54, 1.807) is 25.3 Å². The Balaban J connectivity index is 0.717. The van der Waals surface area contributed by atoms with Crippen molar-refractivity contribution in [3.05, 3.63) is 71.1 Å². The first kappa shape index (κ1) is 45.6. The van der Waals surface area contributed by atoms with Crippen LogP contribution in [0.5, 0.6) is 0 Å². The van der Waals surface area contributed by atoms with Gasteiger partial charge in [0.25, 0.3) is 0 Å². The van der Waals surface area contributed by atoms with E-state index < -0.39 is 15.8 Å². The van der Waals surface area contributed by atoms with Gasteiger partial charge in [-0.1, -0.05) is 45.9 Å². The van der Waals surface area contributed by atoms with Gasteiger partial charge in [-0.15, -0.1) is 11.3 Å². The van der Waals surface area contributed by atoms with Gasteiger partial charge in [0.05, 0.1) is 38.6 Å². The fraction of sp³-hybridized carbons (Fsp3) is 0.571. The maximum Gasteiger partial charge on any atom is 0.234 e. The Morgan fingerprint density at radius 2 is 1.58 bits per heavy atom. The molecule has 3 N–H and O–H groups in total. The number of nitrogens with zero attached hydrogens (tertiary/aromatic N) is 6. The Bertz CT molecular complexity index is 2460. The summed E-state index contributed by atoms with van der Waals surface area (Å²) >= 11 is 1.48. The molecule has 2 aromatic carbocycles. The molecule has 16 heteroatoms. The third-order valence-electron chi connectivity index (χ3n) is 14.2. The summed E-state index contributed by atoms with van der Waals surface area (Å²) in [6, 6.07) is 15.3. The number of carbonyl (C=O) groups is 2. The number of amides is 2. The van der Waals surface area contributed by atoms with E-state index in [1.807, 2.05) is 6.07 Å². The highest BCUT2D eigenvalue weighted by Gasteiger charge is 2.52. The van der Waals surface area contributed by atoms with Crippen LogP contribution in [-0.2, 0) is 25.0 Å². The van der Waals surface area contributed by atoms with Crippen LogP contribution in [0.2, 0.25) is 0 Å². The van der Waals surface area contributed by atoms with Crippen molar-refractivity contribution in [1.29, 1.82) is 0 Å². The van der Waals surface area contributed by atoms with E-state index >= 15 is 4.39 Å². The van der Waals surface area contributed by atoms with Crippen molar-refractivity contribution in [1.82, 2.24) is 30.1 Å². The van der Waals surface area contributed by atoms with Crippen molar-refractivity contribution < 1.29 is 22.4 Å². The standard InChI is InChI=1S/C49H64FN9O4S2/c1-5-25-65(62,63)56-39-8-6-7-38(42(39)50)43-44(64-46(55-43)48(2,3)4)40-15-20-51-47(53-40)52-35-26-49(27-35)30-58(31-49)29-32-16-21-57(22-17-32)28-33-18-23-59(24-19-33)36-11-9-34(10-12-36)37-13-14-41(60)54-45(37)61/h6-12,15,20,32-33,35,37,56H,5,13-14,16-19,21-31H2,1-4H3,(H,51,52,53)(H,54,60,61)/t37-/m1/s1. The molecule has 1 saturated carbocycles. The normalized spacial score (nSPS) is 21.6. The number of thiazole rings is 1. The van der Waals surface area contributed by atoms with Gasteiger partial charge in [-0.3, -0.25) is 19.6 Å². The highest BCUT2D eigenvalue weighted by Crippen LogP contribution is 2.50. The predicted molar refractivity (Wildman–Crippen MR) is 256 cm³/mol. The summed E-state index contributed by atoms with van der Waals surface area (Å²) in [7, 11) is -3.69. The molecule has 2 aromatic heterocycles. The molecule has 4 aliphatic heterocycles. The van der Waals surface area contributed by atoms with Crippen molar-refractivity contribution in [2.75, 3.05) is 73.0 Å². The summed E-state index contributed by atoms with van der Waals surface area (Å²) in [6.45, 7) is 17.2. The molecular weight excluding hydrogens is 862 g/mol. The zero-order valence-electron chi connectivity index (χ0n) is 38.2. The molecule has 0 radical (unpaired) electrons. The van der Waals surface area contributed by atoms with Gasteiger partial charge >= 0.3 is 0 Å². The van der Waals surface area contributed by atoms with Gasteiger partial charge in [0.2, 0.25) is 27.8 Å². The Labute approximate surface area is 387 Å². The van der Waals surface area contributed by atoms with Gasteiger partial charge < -0.3 is 20.0 Å². The molecule has 4 aromatic rings. The minimum Gasteiger partial charge on any atom is -0.372 e. The molecule has 348 valence electrons. The molecule has 2 amide bonds. The van der Waals surface area contributed by atoms with Gasteiger partial charge in [-0.05, 0) is 118 Å². The zero-order valence-corrected chi connectivity index (χ0v) is 39.9. The van der Waals surface area contributed by atoms with Crippen LogP contribution in [0.1, 0.15) is 102 Å². The highest BCUT2D eigenvalue weighted by molar-refractivity contribution is 7.92. The zero-order chi connectivity index (χ0) is 45.5. The van der Waals surface area contributed by atoms with Gasteiger partial charge in [0.1, 0.15) is 0 Å². The number of aromatic nitrogens is 3. The highest BCUT2D eigenvalue weighted by atomic mass is 32.2. The first-order valence-corrected chi connectivity index (χ1v) is 26.1. The van der Waals surface area contributed by atoms with Crippen LogP contribution >= 0.6 is 11.3 Å². The lowest BCUT2D eigenvalue weighted by Crippen LogP contribution is -2.65. The first-order valence-electron chi connectivity index (χ1n) is 23.7. The van der Waals surface area contributed by atoms with Gasteiger partial charge in [0, 0.05) is 74.6 Å². The molecule has 0 unspecified atom stereocenters. The Morgan fingerprint density at radius 1 is 0.892 bits per heavy atom. The number of carbonyl (C=O) groups excluding carboxylic acids is 2. The lowest BCUT2D eigenvalue weighted by atomic mass is 9.60. The smallest absolute Gasteiger partial charge is 0.234 e. The number of halogens is 1. The molecule has 5 fully saturated rings. The van der Waals surface area contributed by atoms with Gasteiger partial charge in [-0.2, -0.15) is 0 Å². The second-order valence-corrected chi connectivity index (χ2v) is 23.3. The third-order valence-corrected chi connectivity index (χ3v) is 17.2. The third kappa shape index (κ3) is 10.4. The van der Waals surface area contributed by atoms with E-state index in [2.05, 4.69) is 80.1 Å². The quantitative estimate of drug-likeness (QED) is 0.106. The van der Waals surface area contributed by atoms with E-state index in [0.29, 0.717) is 52.9 Å². The number of piperidine rings is 3. The van der Waals surface area contributed by atoms with Crippen molar-refractivity contribution in [3.8, 4) is 21.8 Å². The summed E-state index contributed by atoms with van der Waals surface area (Å²) in [5.41, 5.74) is 3.50. The molecule has 1 aliphatic carbocycles. The summed E-state index contributed by atoms with van der Waals surface area (Å²) in [5.74, 6) is 0.697. The van der Waals surface area contributed by atoms with Crippen molar-refractivity contribution in [3.63, 3.8) is 0 Å². The molecule has 6 heterocycles. The SMILES string of the molecule is CCCS(=O)(=O)Nc1cccc(-c2nc(C(C)(C)C)sc2-c2ccnc(NC3CC4(C3)CN(CC3CCN(CC5CCN(c6ccc([C@H]7CCC(=O)NC7=O)cc6)CC5)CC3)C4)n2)c1F. The van der Waals surface area contributed by atoms with Crippen LogP contribution in [0, 0.1) is 23.1 Å². The van der Waals surface area contributed by atoms with Crippen molar-refractivity contribution >= 4 is 50.5 Å². The van der Waals surface area contributed by atoms with Crippen LogP contribution < -0.4 is 20.3 Å². The maximum atomic E-state index is 16.1. The second kappa shape index (κ2) is 18.6. The molecule has 9 rings (SSSR count). The van der Waals surface area contributed by atoms with E-state index in [4.69, 9.17) is 9.97 Å². The summed E-state index contributed by atoms with van der Waals surface area (Å²) < 4.78 is 43.6. The summed E-state index contributed by atoms with van der Waals surface area (Å²) in [6.07, 6.45) is 10.3. The molecule has 65 heavy (non-hydrogen) atoms. The fourth-order valence-electron chi connectivity index (χ4n) is 10.8. The predicted octanol–water partition coefficient (Wildman–Crippen LogP) is 7.88. The van der Waals surface area contributed by atoms with E-state index in [9.17, 15) is 18.0 Å². The number of rotatable bonds is 14. The molecule has 1 atom stereocenters. The number of benzene rings is 2. The summed E-state index contributed by atoms with van der Waals surface area (Å²) in [4.78, 5) is 46.9. The van der Waals surface area contributed by atoms with E-state index in [-0.39, 0.29) is 40.2 Å². The average Bonchev–Trinajstić information content (AvgIpc) is 3.71. The lowest BCUT2D eigenvalue weighted by molar-refractivity contribution is -0.134. The van der Waals surface area contributed by atoms with E-state index in [1.165, 1.54) is 75.0 Å². The van der Waals surface area contributed by atoms with Crippen LogP contribution in [0.3, 0.4) is 0 Å². The summed E-state index contributed by atoms with van der Waals surface area (Å²) in [5, 5.41) is 6.90. The van der Waals surface area contributed by atoms with Gasteiger partial charge in [-0.25, -0.2) is 27.8 Å².